The van der Waals surface area contributed by atoms with Crippen LogP contribution in [-0.4, -0.2) is 20.8 Å². The number of hydrogen-bond donors (Lipinski definition) is 3. The number of aryl methyl sites for hydroxylation is 1. The quantitative estimate of drug-likeness (QED) is 0.186. The van der Waals surface area contributed by atoms with Crippen molar-refractivity contribution >= 4 is 34.1 Å². The molecule has 4 heteroatoms. The van der Waals surface area contributed by atoms with Crippen LogP contribution in [0.25, 0.3) is 21.5 Å². The Morgan fingerprint density at radius 1 is 0.400 bits per heavy atom. The topological polar surface area (TPSA) is 60.7 Å². The second-order valence-electron chi connectivity index (χ2n) is 21.5. The Balaban J connectivity index is 1.99. The molecule has 0 radical (unpaired) electrons. The van der Waals surface area contributed by atoms with Gasteiger partial charge in [0.1, 0.15) is 0 Å². The van der Waals surface area contributed by atoms with Gasteiger partial charge < -0.3 is 0 Å². The van der Waals surface area contributed by atoms with Crippen LogP contribution in [0.5, 0.6) is 0 Å². The Morgan fingerprint density at radius 3 is 1.12 bits per heavy atom. The van der Waals surface area contributed by atoms with Crippen LogP contribution in [0.15, 0.2) is 48.5 Å². The molecule has 0 amide bonds. The van der Waals surface area contributed by atoms with Crippen molar-refractivity contribution in [2.45, 2.75) is 164 Å². The zero-order valence-corrected chi connectivity index (χ0v) is 35.7. The third-order valence-corrected chi connectivity index (χ3v) is 12.9. The summed E-state index contributed by atoms with van der Waals surface area (Å²) in [4.78, 5) is 37.1. The van der Waals surface area contributed by atoms with E-state index in [-0.39, 0.29) is 38.5 Å². The van der Waals surface area contributed by atoms with E-state index in [0.29, 0.717) is 6.42 Å². The first-order valence-corrected chi connectivity index (χ1v) is 20.9. The predicted octanol–water partition coefficient (Wildman–Crippen LogP) is 11.9. The fraction of sp³-hybridized carbons (Fsp3) is 0.565. The van der Waals surface area contributed by atoms with E-state index in [1.165, 1.54) is 33.0 Å². The Hall–Kier alpha value is -2.29. The van der Waals surface area contributed by atoms with Gasteiger partial charge in [0.15, 0.2) is 0 Å². The molecule has 0 fully saturated rings. The third-order valence-electron chi connectivity index (χ3n) is 10.5. The first kappa shape index (κ1) is 40.5. The second-order valence-corrected chi connectivity index (χ2v) is 24.7. The van der Waals surface area contributed by atoms with Crippen molar-refractivity contribution < 1.29 is 14.7 Å². The van der Waals surface area contributed by atoms with Crippen molar-refractivity contribution in [2.24, 2.45) is 0 Å². The molecular formula is C46H69O3P. The summed E-state index contributed by atoms with van der Waals surface area (Å²) in [5.74, 6) is 0. The van der Waals surface area contributed by atoms with Crippen molar-refractivity contribution in [2.75, 3.05) is 6.16 Å². The molecule has 0 bridgehead atoms. The van der Waals surface area contributed by atoms with Crippen molar-refractivity contribution in [1.82, 2.24) is 0 Å². The maximum atomic E-state index is 12.4. The Morgan fingerprint density at radius 2 is 0.760 bits per heavy atom. The zero-order chi connectivity index (χ0) is 38.4. The number of hydrogen-bond acceptors (Lipinski definition) is 3. The summed E-state index contributed by atoms with van der Waals surface area (Å²) >= 11 is 0. The van der Waals surface area contributed by atoms with E-state index < -0.39 is 12.7 Å². The molecule has 0 aromatic heterocycles. The van der Waals surface area contributed by atoms with Crippen LogP contribution in [0, 0.1) is 0 Å². The molecule has 3 nitrogen and oxygen atoms in total. The van der Waals surface area contributed by atoms with Gasteiger partial charge in [-0.25, -0.2) is 0 Å². The zero-order valence-electron chi connectivity index (χ0n) is 34.8. The predicted molar refractivity (Wildman–Crippen MR) is 222 cm³/mol. The van der Waals surface area contributed by atoms with Crippen LogP contribution >= 0.6 is 7.28 Å². The van der Waals surface area contributed by atoms with Gasteiger partial charge in [0.05, 0.1) is 0 Å². The number of rotatable bonds is 4. The fourth-order valence-corrected chi connectivity index (χ4v) is 9.48. The summed E-state index contributed by atoms with van der Waals surface area (Å²) in [6, 6.07) is 17.8. The molecular weight excluding hydrogens is 631 g/mol. The third kappa shape index (κ3) is 8.33. The SMILES string of the molecule is CC(C)(C)c1cc(C(C)(C)C)c2cc(CCP(O)(O)(O)c3cc4c(C(C)(C)C)cc(C(C)(C)C)cc4cc3C(C)(C)C)c(C(C)(C)C)cc2c1. The monoisotopic (exact) mass is 700 g/mol. The first-order valence-electron chi connectivity index (χ1n) is 18.6. The van der Waals surface area contributed by atoms with Crippen molar-refractivity contribution in [1.29, 1.82) is 0 Å². The summed E-state index contributed by atoms with van der Waals surface area (Å²) in [5, 5.41) is 4.71. The van der Waals surface area contributed by atoms with Gasteiger partial charge in [-0.3, -0.25) is 0 Å². The van der Waals surface area contributed by atoms with Crippen LogP contribution < -0.4 is 5.30 Å². The van der Waals surface area contributed by atoms with E-state index in [9.17, 15) is 14.7 Å². The summed E-state index contributed by atoms with van der Waals surface area (Å²) in [6.07, 6.45) is 0.190. The molecule has 276 valence electrons. The minimum atomic E-state index is -5.41. The van der Waals surface area contributed by atoms with Crippen molar-refractivity contribution in [3.63, 3.8) is 0 Å². The van der Waals surface area contributed by atoms with Gasteiger partial charge in [-0.1, -0.05) is 0 Å². The molecule has 0 unspecified atom stereocenters. The van der Waals surface area contributed by atoms with E-state index in [2.05, 4.69) is 167 Å². The van der Waals surface area contributed by atoms with E-state index in [1.807, 2.05) is 6.07 Å². The van der Waals surface area contributed by atoms with E-state index in [1.54, 1.807) is 0 Å². The van der Waals surface area contributed by atoms with Gasteiger partial charge in [0.25, 0.3) is 0 Å². The number of benzene rings is 4. The summed E-state index contributed by atoms with van der Waals surface area (Å²) in [5.41, 5.74) is 7.01. The molecule has 4 rings (SSSR count). The van der Waals surface area contributed by atoms with E-state index in [4.69, 9.17) is 0 Å². The van der Waals surface area contributed by atoms with E-state index >= 15 is 0 Å². The van der Waals surface area contributed by atoms with Crippen LogP contribution in [0.2, 0.25) is 0 Å². The second kappa shape index (κ2) is 12.1. The van der Waals surface area contributed by atoms with Gasteiger partial charge in [-0.2, -0.15) is 0 Å². The first-order chi connectivity index (χ1) is 22.1. The number of fused-ring (bicyclic) bond motifs is 2. The standard InChI is InChI=1S/C46H69O3P/c1-41(2,3)32-21-30-24-36(43(7,8)9)29(23-34(30)37(26-32)44(10,11)12)19-20-50(47,48,49)40-28-35-31(25-39(40)46(16,17)18)22-33(42(4,5)6)27-38(35)45(13,14)15/h21-28,47-49H,19-20H2,1-18H3. The summed E-state index contributed by atoms with van der Waals surface area (Å²) in [6.45, 7) is 39.8. The van der Waals surface area contributed by atoms with Gasteiger partial charge in [0, 0.05) is 0 Å². The van der Waals surface area contributed by atoms with Crippen molar-refractivity contribution in [3.8, 4) is 0 Å². The van der Waals surface area contributed by atoms with Gasteiger partial charge in [-0.15, -0.1) is 0 Å². The van der Waals surface area contributed by atoms with Crippen LogP contribution in [0.3, 0.4) is 0 Å². The minimum absolute atomic E-state index is 0.00244. The van der Waals surface area contributed by atoms with Crippen LogP contribution in [0.4, 0.5) is 0 Å². The molecule has 0 aliphatic rings. The van der Waals surface area contributed by atoms with Gasteiger partial charge >= 0.3 is 306 Å². The van der Waals surface area contributed by atoms with Gasteiger partial charge in [-0.05, 0) is 0 Å². The average molecular weight is 701 g/mol. The normalized spacial score (nSPS) is 15.1. The molecule has 50 heavy (non-hydrogen) atoms. The van der Waals surface area contributed by atoms with Gasteiger partial charge in [0.2, 0.25) is 0 Å². The molecule has 0 aliphatic heterocycles. The average Bonchev–Trinajstić information content (AvgIpc) is 2.90. The fourth-order valence-electron chi connectivity index (χ4n) is 7.30. The molecule has 0 heterocycles. The molecule has 4 aromatic carbocycles. The van der Waals surface area contributed by atoms with Crippen LogP contribution in [-0.2, 0) is 38.9 Å². The molecule has 0 saturated carbocycles. The molecule has 0 atom stereocenters. The molecule has 4 aromatic rings. The van der Waals surface area contributed by atoms with Crippen molar-refractivity contribution in [3.05, 3.63) is 87.5 Å². The Bertz CT molecular complexity index is 1930. The molecule has 0 aliphatic carbocycles. The molecule has 3 N–H and O–H groups in total. The Labute approximate surface area is 305 Å². The Kier molecular flexibility index (Phi) is 9.82. The maximum absolute atomic E-state index is 12.4. The van der Waals surface area contributed by atoms with Crippen LogP contribution in [0.1, 0.15) is 164 Å². The summed E-state index contributed by atoms with van der Waals surface area (Å²) in [7, 11) is -5.41. The summed E-state index contributed by atoms with van der Waals surface area (Å²) < 4.78 is 0. The molecule has 0 saturated heterocycles. The van der Waals surface area contributed by atoms with E-state index in [0.717, 1.165) is 27.5 Å². The molecule has 0 spiro atoms.